The lowest BCUT2D eigenvalue weighted by molar-refractivity contribution is 1.65. The Balaban J connectivity index is 2.02. The molecule has 0 aliphatic rings. The zero-order valence-corrected chi connectivity index (χ0v) is 14.3. The summed E-state index contributed by atoms with van der Waals surface area (Å²) in [6.07, 6.45) is 0. The average molecular weight is 329 g/mol. The molecule has 0 nitrogen and oxygen atoms in total. The van der Waals surface area contributed by atoms with Crippen molar-refractivity contribution in [2.45, 2.75) is 0 Å². The van der Waals surface area contributed by atoms with Gasteiger partial charge in [0.15, 0.2) is 0 Å². The summed E-state index contributed by atoms with van der Waals surface area (Å²) in [6, 6.07) is 39.7. The highest BCUT2D eigenvalue weighted by atomic mass is 14.2. The van der Waals surface area contributed by atoms with Crippen LogP contribution < -0.4 is 0 Å². The van der Waals surface area contributed by atoms with Gasteiger partial charge in [-0.15, -0.1) is 0 Å². The molecular weight excluding hydrogens is 312 g/mol. The summed E-state index contributed by atoms with van der Waals surface area (Å²) in [6.45, 7) is 0. The fourth-order valence-corrected chi connectivity index (χ4v) is 3.90. The molecule has 0 bridgehead atoms. The number of hydrogen-bond donors (Lipinski definition) is 0. The van der Waals surface area contributed by atoms with Crippen molar-refractivity contribution in [3.05, 3.63) is 109 Å². The van der Waals surface area contributed by atoms with Crippen molar-refractivity contribution in [3.63, 3.8) is 0 Å². The van der Waals surface area contributed by atoms with E-state index >= 15 is 0 Å². The summed E-state index contributed by atoms with van der Waals surface area (Å²) >= 11 is 0. The van der Waals surface area contributed by atoms with E-state index in [4.69, 9.17) is 0 Å². The van der Waals surface area contributed by atoms with Crippen molar-refractivity contribution in [1.82, 2.24) is 0 Å². The number of rotatable bonds is 2. The molecule has 0 aliphatic carbocycles. The van der Waals surface area contributed by atoms with Gasteiger partial charge in [-0.05, 0) is 55.9 Å². The minimum atomic E-state index is 1.24. The molecule has 0 heterocycles. The van der Waals surface area contributed by atoms with E-state index in [9.17, 15) is 0 Å². The van der Waals surface area contributed by atoms with Crippen molar-refractivity contribution in [2.75, 3.05) is 0 Å². The molecule has 0 amide bonds. The van der Waals surface area contributed by atoms with Crippen molar-refractivity contribution in [2.24, 2.45) is 0 Å². The molecule has 0 spiro atoms. The third-order valence-electron chi connectivity index (χ3n) is 4.99. The summed E-state index contributed by atoms with van der Waals surface area (Å²) in [5.74, 6) is 0. The molecule has 0 saturated carbocycles. The van der Waals surface area contributed by atoms with Crippen LogP contribution in [-0.2, 0) is 0 Å². The molecule has 0 N–H and O–H groups in total. The van der Waals surface area contributed by atoms with Crippen LogP contribution in [0.25, 0.3) is 43.8 Å². The van der Waals surface area contributed by atoms with Crippen molar-refractivity contribution < 1.29 is 0 Å². The van der Waals surface area contributed by atoms with Gasteiger partial charge in [0, 0.05) is 0 Å². The number of fused-ring (bicyclic) bond motifs is 2. The summed E-state index contributed by atoms with van der Waals surface area (Å²) in [4.78, 5) is 0. The standard InChI is InChI=1S/C26H17/c1-3-11-19(12-4-1)25-21-15-7-9-17-23(21)26(20-13-5-2-6-14-20)24-18-10-8-16-22(24)25/h1-9,11-18H. The SMILES string of the molecule is [c]1ccc2c(-c3ccccc3)c3ccccc3c(-c3ccccc3)c2c1. The molecule has 5 aromatic rings. The molecule has 0 unspecified atom stereocenters. The fourth-order valence-electron chi connectivity index (χ4n) is 3.90. The van der Waals surface area contributed by atoms with Gasteiger partial charge < -0.3 is 0 Å². The Morgan fingerprint density at radius 3 is 1.46 bits per heavy atom. The van der Waals surface area contributed by atoms with Gasteiger partial charge in [0.1, 0.15) is 0 Å². The molecule has 0 aromatic heterocycles. The molecule has 0 saturated heterocycles. The first-order valence-electron chi connectivity index (χ1n) is 8.89. The van der Waals surface area contributed by atoms with Crippen LogP contribution in [0.2, 0.25) is 0 Å². The summed E-state index contributed by atoms with van der Waals surface area (Å²) in [5, 5.41) is 5.09. The second-order valence-corrected chi connectivity index (χ2v) is 6.50. The Kier molecular flexibility index (Phi) is 3.54. The normalized spacial score (nSPS) is 11.1. The van der Waals surface area contributed by atoms with Crippen LogP contribution >= 0.6 is 0 Å². The minimum absolute atomic E-state index is 1.24. The molecule has 0 atom stereocenters. The lowest BCUT2D eigenvalue weighted by atomic mass is 9.86. The summed E-state index contributed by atoms with van der Waals surface area (Å²) < 4.78 is 0. The van der Waals surface area contributed by atoms with Crippen molar-refractivity contribution >= 4 is 21.5 Å². The first kappa shape index (κ1) is 14.9. The third-order valence-corrected chi connectivity index (χ3v) is 4.99. The molecule has 5 aromatic carbocycles. The van der Waals surface area contributed by atoms with Gasteiger partial charge in [-0.2, -0.15) is 0 Å². The third kappa shape index (κ3) is 2.31. The quantitative estimate of drug-likeness (QED) is 0.302. The maximum Gasteiger partial charge on any atom is -0.00262 e. The van der Waals surface area contributed by atoms with Gasteiger partial charge in [-0.25, -0.2) is 0 Å². The Hall–Kier alpha value is -3.38. The molecule has 26 heavy (non-hydrogen) atoms. The van der Waals surface area contributed by atoms with E-state index in [-0.39, 0.29) is 0 Å². The first-order chi connectivity index (χ1) is 12.9. The Bertz CT molecular complexity index is 1050. The maximum absolute atomic E-state index is 3.29. The zero-order valence-electron chi connectivity index (χ0n) is 14.3. The lowest BCUT2D eigenvalue weighted by Gasteiger charge is -2.17. The summed E-state index contributed by atoms with van der Waals surface area (Å²) in [5.41, 5.74) is 5.07. The lowest BCUT2D eigenvalue weighted by Crippen LogP contribution is -1.90. The Morgan fingerprint density at radius 2 is 0.885 bits per heavy atom. The summed E-state index contributed by atoms with van der Waals surface area (Å²) in [7, 11) is 0. The highest BCUT2D eigenvalue weighted by Gasteiger charge is 2.15. The Labute approximate surface area is 153 Å². The second kappa shape index (κ2) is 6.16. The smallest absolute Gasteiger partial charge is 0.00262 e. The van der Waals surface area contributed by atoms with Crippen molar-refractivity contribution in [3.8, 4) is 22.3 Å². The predicted molar refractivity (Wildman–Crippen MR) is 111 cm³/mol. The van der Waals surface area contributed by atoms with Gasteiger partial charge in [-0.1, -0.05) is 97.1 Å². The molecule has 121 valence electrons. The highest BCUT2D eigenvalue weighted by Crippen LogP contribution is 2.43. The largest absolute Gasteiger partial charge is 0.0622 e. The second-order valence-electron chi connectivity index (χ2n) is 6.50. The fraction of sp³-hybridized carbons (Fsp3) is 0. The van der Waals surface area contributed by atoms with Gasteiger partial charge in [0.25, 0.3) is 0 Å². The van der Waals surface area contributed by atoms with E-state index < -0.39 is 0 Å². The van der Waals surface area contributed by atoms with Gasteiger partial charge in [0.2, 0.25) is 0 Å². The molecular formula is C26H17. The monoisotopic (exact) mass is 329 g/mol. The molecule has 1 radical (unpaired) electrons. The maximum atomic E-state index is 3.29. The van der Waals surface area contributed by atoms with Crippen LogP contribution in [-0.4, -0.2) is 0 Å². The average Bonchev–Trinajstić information content (AvgIpc) is 2.73. The first-order valence-corrected chi connectivity index (χ1v) is 8.89. The van der Waals surface area contributed by atoms with Crippen LogP contribution in [0.1, 0.15) is 0 Å². The van der Waals surface area contributed by atoms with E-state index in [0.717, 1.165) is 0 Å². The van der Waals surface area contributed by atoms with Crippen LogP contribution in [0.4, 0.5) is 0 Å². The number of benzene rings is 5. The van der Waals surface area contributed by atoms with Gasteiger partial charge >= 0.3 is 0 Å². The molecule has 5 rings (SSSR count). The number of hydrogen-bond acceptors (Lipinski definition) is 0. The van der Waals surface area contributed by atoms with E-state index in [2.05, 4.69) is 103 Å². The topological polar surface area (TPSA) is 0 Å². The van der Waals surface area contributed by atoms with Crippen LogP contribution in [0.3, 0.4) is 0 Å². The van der Waals surface area contributed by atoms with Gasteiger partial charge in [0.05, 0.1) is 0 Å². The van der Waals surface area contributed by atoms with E-state index in [1.54, 1.807) is 0 Å². The van der Waals surface area contributed by atoms with Crippen LogP contribution in [0, 0.1) is 6.07 Å². The molecule has 0 fully saturated rings. The van der Waals surface area contributed by atoms with E-state index in [1.807, 2.05) is 6.07 Å². The van der Waals surface area contributed by atoms with Crippen LogP contribution in [0.15, 0.2) is 103 Å². The van der Waals surface area contributed by atoms with E-state index in [1.165, 1.54) is 43.8 Å². The molecule has 0 heteroatoms. The highest BCUT2D eigenvalue weighted by molar-refractivity contribution is 6.21. The van der Waals surface area contributed by atoms with Gasteiger partial charge in [-0.3, -0.25) is 0 Å². The Morgan fingerprint density at radius 1 is 0.423 bits per heavy atom. The zero-order chi connectivity index (χ0) is 17.3. The van der Waals surface area contributed by atoms with Crippen molar-refractivity contribution in [1.29, 1.82) is 0 Å². The minimum Gasteiger partial charge on any atom is -0.0622 e. The molecule has 0 aliphatic heterocycles. The predicted octanol–water partition coefficient (Wildman–Crippen LogP) is 7.13. The van der Waals surface area contributed by atoms with Crippen LogP contribution in [0.5, 0.6) is 0 Å². The van der Waals surface area contributed by atoms with E-state index in [0.29, 0.717) is 0 Å².